The van der Waals surface area contributed by atoms with Crippen LogP contribution in [0.1, 0.15) is 6.92 Å². The molecule has 154 valence electrons. The summed E-state index contributed by atoms with van der Waals surface area (Å²) in [5.41, 5.74) is 0. The fourth-order valence-electron chi connectivity index (χ4n) is 2.62. The number of nitrogens with one attached hydrogen (secondary N) is 1. The van der Waals surface area contributed by atoms with Gasteiger partial charge in [0.2, 0.25) is 6.04 Å². The molecule has 1 aliphatic heterocycles. The highest BCUT2D eigenvalue weighted by molar-refractivity contribution is 5.97. The van der Waals surface area contributed by atoms with Crippen LogP contribution in [0, 0.1) is 0 Å². The van der Waals surface area contributed by atoms with Crippen molar-refractivity contribution in [3.63, 3.8) is 0 Å². The molecule has 0 aromatic rings. The molecule has 0 radical (unpaired) electrons. The second-order valence-corrected chi connectivity index (χ2v) is 6.09. The van der Waals surface area contributed by atoms with E-state index in [1.165, 1.54) is 12.0 Å². The number of hydrogen-bond acceptors (Lipinski definition) is 9. The Morgan fingerprint density at radius 1 is 0.926 bits per heavy atom. The summed E-state index contributed by atoms with van der Waals surface area (Å²) in [6.45, 7) is 4.21. The first-order chi connectivity index (χ1) is 12.7. The van der Waals surface area contributed by atoms with E-state index in [-0.39, 0.29) is 13.1 Å². The maximum Gasteiger partial charge on any atom is 0.332 e. The number of carboxylic acids is 3. The average Bonchev–Trinajstić information content (AvgIpc) is 2.62. The predicted molar refractivity (Wildman–Crippen MR) is 90.9 cm³/mol. The van der Waals surface area contributed by atoms with Crippen LogP contribution in [0.2, 0.25) is 0 Å². The maximum absolute atomic E-state index is 11.2. The van der Waals surface area contributed by atoms with E-state index >= 15 is 0 Å². The summed E-state index contributed by atoms with van der Waals surface area (Å²) in [7, 11) is 0. The lowest BCUT2D eigenvalue weighted by atomic mass is 10.3. The monoisotopic (exact) mass is 390 g/mol. The van der Waals surface area contributed by atoms with Gasteiger partial charge >= 0.3 is 23.9 Å². The van der Waals surface area contributed by atoms with Crippen molar-refractivity contribution in [1.29, 1.82) is 0 Å². The molecular weight excluding hydrogens is 364 g/mol. The Balaban J connectivity index is 2.65. The van der Waals surface area contributed by atoms with Gasteiger partial charge in [0.15, 0.2) is 0 Å². The fourth-order valence-corrected chi connectivity index (χ4v) is 2.62. The highest BCUT2D eigenvalue weighted by Crippen LogP contribution is 2.02. The number of hydrogen-bond donors (Lipinski definition) is 4. The summed E-state index contributed by atoms with van der Waals surface area (Å²) in [6.07, 6.45) is 0. The van der Waals surface area contributed by atoms with Crippen LogP contribution < -0.4 is 5.32 Å². The van der Waals surface area contributed by atoms with Crippen LogP contribution in [0.15, 0.2) is 0 Å². The molecule has 1 saturated heterocycles. The van der Waals surface area contributed by atoms with E-state index in [2.05, 4.69) is 5.32 Å². The van der Waals surface area contributed by atoms with Crippen molar-refractivity contribution in [1.82, 2.24) is 20.2 Å². The third-order valence-electron chi connectivity index (χ3n) is 3.95. The Morgan fingerprint density at radius 3 is 1.96 bits per heavy atom. The van der Waals surface area contributed by atoms with E-state index < -0.39 is 29.9 Å². The molecule has 0 aromatic heterocycles. The van der Waals surface area contributed by atoms with Gasteiger partial charge in [0.05, 0.1) is 6.54 Å². The average molecular weight is 390 g/mol. The minimum absolute atomic E-state index is 0.121. The summed E-state index contributed by atoms with van der Waals surface area (Å²) < 4.78 is 0. The number of rotatable bonds is 9. The molecule has 27 heavy (non-hydrogen) atoms. The van der Waals surface area contributed by atoms with Crippen LogP contribution in [0.3, 0.4) is 0 Å². The van der Waals surface area contributed by atoms with E-state index in [9.17, 15) is 19.2 Å². The van der Waals surface area contributed by atoms with Crippen molar-refractivity contribution < 1.29 is 39.3 Å². The molecule has 0 atom stereocenters. The maximum atomic E-state index is 11.2. The van der Waals surface area contributed by atoms with Gasteiger partial charge in [0, 0.05) is 59.3 Å². The lowest BCUT2D eigenvalue weighted by Crippen LogP contribution is -2.47. The predicted octanol–water partition coefficient (Wildman–Crippen LogP) is -2.40. The molecule has 1 heterocycles. The molecule has 1 aliphatic rings. The van der Waals surface area contributed by atoms with Crippen molar-refractivity contribution in [2.24, 2.45) is 0 Å². The zero-order chi connectivity index (χ0) is 20.4. The Labute approximate surface area is 156 Å². The number of carboxylic acid groups (broad SMARTS) is 3. The third kappa shape index (κ3) is 9.28. The van der Waals surface area contributed by atoms with E-state index in [0.29, 0.717) is 45.8 Å². The lowest BCUT2D eigenvalue weighted by molar-refractivity contribution is -0.189. The van der Waals surface area contributed by atoms with Gasteiger partial charge in [-0.3, -0.25) is 24.7 Å². The van der Waals surface area contributed by atoms with Crippen LogP contribution in [0.4, 0.5) is 0 Å². The van der Waals surface area contributed by atoms with Crippen molar-refractivity contribution in [3.05, 3.63) is 0 Å². The molecule has 0 aliphatic carbocycles. The van der Waals surface area contributed by atoms with E-state index in [4.69, 9.17) is 20.2 Å². The van der Waals surface area contributed by atoms with E-state index in [0.717, 1.165) is 0 Å². The third-order valence-corrected chi connectivity index (χ3v) is 3.95. The first kappa shape index (κ1) is 22.8. The number of carbonyl (C=O) groups is 4. The van der Waals surface area contributed by atoms with Gasteiger partial charge in [-0.2, -0.15) is 0 Å². The summed E-state index contributed by atoms with van der Waals surface area (Å²) in [5, 5.41) is 30.6. The molecule has 12 nitrogen and oxygen atoms in total. The quantitative estimate of drug-likeness (QED) is 0.309. The SMILES string of the molecule is CC(=O)ON1CCN(CCNC(C(=O)O)C(=O)O)CCN(CC(=O)O)CC1. The molecular formula is C15H26N4O8. The van der Waals surface area contributed by atoms with Crippen molar-refractivity contribution >= 4 is 23.9 Å². The molecule has 12 heteroatoms. The van der Waals surface area contributed by atoms with Crippen LogP contribution in [-0.2, 0) is 24.0 Å². The summed E-state index contributed by atoms with van der Waals surface area (Å²) in [5.74, 6) is -4.38. The molecule has 4 N–H and O–H groups in total. The van der Waals surface area contributed by atoms with E-state index in [1.54, 1.807) is 4.90 Å². The van der Waals surface area contributed by atoms with Crippen molar-refractivity contribution in [2.75, 3.05) is 58.9 Å². The minimum atomic E-state index is -1.69. The van der Waals surface area contributed by atoms with Crippen LogP contribution in [-0.4, -0.2) is 119 Å². The van der Waals surface area contributed by atoms with Gasteiger partial charge in [-0.1, -0.05) is 0 Å². The fraction of sp³-hybridized carbons (Fsp3) is 0.733. The Bertz CT molecular complexity index is 502. The van der Waals surface area contributed by atoms with Crippen LogP contribution >= 0.6 is 0 Å². The molecule has 0 bridgehead atoms. The topological polar surface area (TPSA) is 160 Å². The number of nitrogens with zero attached hydrogens (tertiary/aromatic N) is 3. The van der Waals surface area contributed by atoms with Gasteiger partial charge in [0.25, 0.3) is 0 Å². The molecule has 0 amide bonds. The van der Waals surface area contributed by atoms with Crippen LogP contribution in [0.5, 0.6) is 0 Å². The molecule has 1 rings (SSSR count). The standard InChI is InChI=1S/C15H26N4O8/c1-11(20)27-19-8-6-17(3-2-16-13(14(23)24)15(25)26)4-5-18(7-9-19)10-12(21)22/h13,16H,2-10H2,1H3,(H,21,22)(H,23,24)(H,25,26). The highest BCUT2D eigenvalue weighted by atomic mass is 16.7. The smallest absolute Gasteiger partial charge is 0.332 e. The zero-order valence-electron chi connectivity index (χ0n) is 15.2. The van der Waals surface area contributed by atoms with Gasteiger partial charge in [-0.15, -0.1) is 5.06 Å². The Kier molecular flexibility index (Phi) is 9.64. The Morgan fingerprint density at radius 2 is 1.44 bits per heavy atom. The minimum Gasteiger partial charge on any atom is -0.480 e. The van der Waals surface area contributed by atoms with Gasteiger partial charge in [-0.05, 0) is 0 Å². The first-order valence-corrected chi connectivity index (χ1v) is 8.48. The lowest BCUT2D eigenvalue weighted by Gasteiger charge is -2.25. The number of aliphatic carboxylic acids is 3. The molecule has 0 unspecified atom stereocenters. The molecule has 0 aromatic carbocycles. The molecule has 0 spiro atoms. The summed E-state index contributed by atoms with van der Waals surface area (Å²) >= 11 is 0. The second kappa shape index (κ2) is 11.4. The first-order valence-electron chi connectivity index (χ1n) is 8.48. The van der Waals surface area contributed by atoms with Crippen molar-refractivity contribution in [3.8, 4) is 0 Å². The highest BCUT2D eigenvalue weighted by Gasteiger charge is 2.25. The van der Waals surface area contributed by atoms with Gasteiger partial charge in [0.1, 0.15) is 0 Å². The zero-order valence-corrected chi connectivity index (χ0v) is 15.2. The van der Waals surface area contributed by atoms with Crippen molar-refractivity contribution in [2.45, 2.75) is 13.0 Å². The summed E-state index contributed by atoms with van der Waals surface area (Å²) in [4.78, 5) is 52.7. The largest absolute Gasteiger partial charge is 0.480 e. The van der Waals surface area contributed by atoms with Gasteiger partial charge < -0.3 is 20.2 Å². The normalized spacial score (nSPS) is 17.7. The van der Waals surface area contributed by atoms with Gasteiger partial charge in [-0.25, -0.2) is 9.59 Å². The Hall–Kier alpha value is -2.28. The number of hydroxylamine groups is 2. The molecule has 1 fully saturated rings. The summed E-state index contributed by atoms with van der Waals surface area (Å²) in [6, 6.07) is -1.69. The van der Waals surface area contributed by atoms with Crippen LogP contribution in [0.25, 0.3) is 0 Å². The number of carbonyl (C=O) groups excluding carboxylic acids is 1. The van der Waals surface area contributed by atoms with E-state index in [1.807, 2.05) is 4.90 Å². The molecule has 0 saturated carbocycles. The second-order valence-electron chi connectivity index (χ2n) is 6.09.